The normalized spacial score (nSPS) is 18.9. The van der Waals surface area contributed by atoms with E-state index in [1.54, 1.807) is 24.9 Å². The van der Waals surface area contributed by atoms with Crippen LogP contribution < -0.4 is 0 Å². The molecule has 2 aromatic carbocycles. The van der Waals surface area contributed by atoms with Crippen LogP contribution in [0.5, 0.6) is 0 Å². The average Bonchev–Trinajstić information content (AvgIpc) is 2.87. The molecule has 39 heavy (non-hydrogen) atoms. The quantitative estimate of drug-likeness (QED) is 0.310. The second-order valence-electron chi connectivity index (χ2n) is 12.6. The van der Waals surface area contributed by atoms with Gasteiger partial charge in [0.1, 0.15) is 5.60 Å². The van der Waals surface area contributed by atoms with E-state index < -0.39 is 11.2 Å². The van der Waals surface area contributed by atoms with Crippen LogP contribution in [-0.2, 0) is 10.3 Å². The maximum Gasteiger partial charge on any atom is 0.411 e. The average molecular weight is 529 g/mol. The van der Waals surface area contributed by atoms with Gasteiger partial charge in [0.05, 0.1) is 17.3 Å². The van der Waals surface area contributed by atoms with Gasteiger partial charge in [0, 0.05) is 43.1 Å². The molecular formula is C33H40N2O4. The van der Waals surface area contributed by atoms with Crippen LogP contribution in [0.25, 0.3) is 11.3 Å². The van der Waals surface area contributed by atoms with Crippen LogP contribution in [0.2, 0.25) is 0 Å². The van der Waals surface area contributed by atoms with Crippen molar-refractivity contribution in [2.75, 3.05) is 6.54 Å². The summed E-state index contributed by atoms with van der Waals surface area (Å²) in [5.74, 6) is 0.0953. The summed E-state index contributed by atoms with van der Waals surface area (Å²) < 4.78 is 6.13. The number of rotatable bonds is 8. The van der Waals surface area contributed by atoms with E-state index in [1.165, 1.54) is 0 Å². The molecule has 1 N–H and O–H groups in total. The van der Waals surface area contributed by atoms with Crippen LogP contribution in [0.4, 0.5) is 4.79 Å². The van der Waals surface area contributed by atoms with E-state index in [-0.39, 0.29) is 23.3 Å². The third-order valence-electron chi connectivity index (χ3n) is 7.22. The number of aliphatic hydroxyl groups is 1. The molecule has 2 atom stereocenters. The number of benzene rings is 2. The molecule has 0 unspecified atom stereocenters. The number of amides is 1. The van der Waals surface area contributed by atoms with E-state index in [0.29, 0.717) is 31.4 Å². The Morgan fingerprint density at radius 1 is 1.03 bits per heavy atom. The number of aromatic nitrogens is 1. The summed E-state index contributed by atoms with van der Waals surface area (Å²) in [6.07, 6.45) is 2.64. The molecule has 3 aromatic rings. The molecule has 0 spiro atoms. The van der Waals surface area contributed by atoms with E-state index >= 15 is 0 Å². The summed E-state index contributed by atoms with van der Waals surface area (Å²) in [6, 6.07) is 21.2. The first-order chi connectivity index (χ1) is 18.3. The summed E-state index contributed by atoms with van der Waals surface area (Å²) >= 11 is 0. The van der Waals surface area contributed by atoms with Crippen molar-refractivity contribution in [2.45, 2.75) is 78.0 Å². The van der Waals surface area contributed by atoms with Gasteiger partial charge in [-0.1, -0.05) is 75.4 Å². The Morgan fingerprint density at radius 3 is 2.23 bits per heavy atom. The van der Waals surface area contributed by atoms with Crippen molar-refractivity contribution in [3.05, 3.63) is 89.6 Å². The number of carbonyl (C=O) groups excluding carboxylic acids is 2. The highest BCUT2D eigenvalue weighted by Crippen LogP contribution is 2.42. The zero-order valence-electron chi connectivity index (χ0n) is 23.9. The van der Waals surface area contributed by atoms with Crippen molar-refractivity contribution in [2.24, 2.45) is 5.41 Å². The van der Waals surface area contributed by atoms with E-state index in [2.05, 4.69) is 4.98 Å². The van der Waals surface area contributed by atoms with Crippen molar-refractivity contribution in [3.63, 3.8) is 0 Å². The van der Waals surface area contributed by atoms with Crippen LogP contribution >= 0.6 is 0 Å². The molecule has 1 saturated heterocycles. The molecular weight excluding hydrogens is 488 g/mol. The fraction of sp³-hybridized carbons (Fsp3) is 0.424. The second-order valence-corrected chi connectivity index (χ2v) is 12.6. The molecule has 1 aliphatic heterocycles. The third kappa shape index (κ3) is 6.93. The molecule has 4 rings (SSSR count). The Hall–Kier alpha value is -3.51. The lowest BCUT2D eigenvalue weighted by molar-refractivity contribution is -0.101. The number of ketones is 1. The minimum atomic E-state index is -0.994. The lowest BCUT2D eigenvalue weighted by Crippen LogP contribution is -2.51. The minimum absolute atomic E-state index is 0.0679. The van der Waals surface area contributed by atoms with Gasteiger partial charge in [-0.3, -0.25) is 9.78 Å². The Kier molecular flexibility index (Phi) is 7.99. The molecule has 0 aliphatic carbocycles. The second kappa shape index (κ2) is 10.9. The molecule has 0 radical (unpaired) electrons. The van der Waals surface area contributed by atoms with Gasteiger partial charge in [-0.15, -0.1) is 0 Å². The van der Waals surface area contributed by atoms with Crippen LogP contribution in [0.1, 0.15) is 88.3 Å². The molecule has 2 heterocycles. The molecule has 6 nitrogen and oxygen atoms in total. The lowest BCUT2D eigenvalue weighted by atomic mass is 9.80. The minimum Gasteiger partial charge on any atom is -0.438 e. The zero-order chi connectivity index (χ0) is 28.4. The number of hydrogen-bond acceptors (Lipinski definition) is 5. The predicted molar refractivity (Wildman–Crippen MR) is 153 cm³/mol. The highest BCUT2D eigenvalue weighted by atomic mass is 16.6. The Labute approximate surface area is 232 Å². The highest BCUT2D eigenvalue weighted by Gasteiger charge is 2.46. The first kappa shape index (κ1) is 28.5. The van der Waals surface area contributed by atoms with Crippen LogP contribution in [-0.4, -0.2) is 39.0 Å². The third-order valence-corrected chi connectivity index (χ3v) is 7.22. The van der Waals surface area contributed by atoms with Gasteiger partial charge in [0.15, 0.2) is 5.78 Å². The van der Waals surface area contributed by atoms with Gasteiger partial charge in [0.25, 0.3) is 0 Å². The Bertz CT molecular complexity index is 1290. The Balaban J connectivity index is 1.47. The number of ether oxygens (including phenoxy) is 1. The van der Waals surface area contributed by atoms with E-state index in [0.717, 1.165) is 22.4 Å². The van der Waals surface area contributed by atoms with E-state index in [4.69, 9.17) is 4.74 Å². The largest absolute Gasteiger partial charge is 0.438 e. The molecule has 6 heteroatoms. The van der Waals surface area contributed by atoms with Crippen LogP contribution in [0.3, 0.4) is 0 Å². The molecule has 0 bridgehead atoms. The molecule has 0 saturated carbocycles. The van der Waals surface area contributed by atoms with E-state index in [9.17, 15) is 14.7 Å². The fourth-order valence-corrected chi connectivity index (χ4v) is 5.32. The molecule has 206 valence electrons. The molecule has 1 aliphatic rings. The van der Waals surface area contributed by atoms with Crippen LogP contribution in [0.15, 0.2) is 72.9 Å². The van der Waals surface area contributed by atoms with Crippen molar-refractivity contribution in [1.82, 2.24) is 9.88 Å². The smallest absolute Gasteiger partial charge is 0.411 e. The SMILES string of the molecule is C[C@@H](c1ccc(-c2ccc(C(=O)CC(C)(C)C)cn2)cc1)N1CC[C@](CC(C)(C)O)(c2ccccc2)OC1=O. The number of hydrogen-bond donors (Lipinski definition) is 1. The standard InChI is InChI=1S/C33H40N2O4/c1-23(35-19-18-33(39-30(35)37,22-32(5,6)38)27-10-8-7-9-11-27)24-12-14-25(15-13-24)28-17-16-26(21-34-28)29(36)20-31(2,3)4/h7-17,21,23,38H,18-20,22H2,1-6H3/t23-,33-/m0/s1. The Morgan fingerprint density at radius 2 is 1.69 bits per heavy atom. The number of pyridine rings is 1. The van der Waals surface area contributed by atoms with Gasteiger partial charge < -0.3 is 14.7 Å². The van der Waals surface area contributed by atoms with Crippen molar-refractivity contribution in [1.29, 1.82) is 0 Å². The lowest BCUT2D eigenvalue weighted by Gasteiger charge is -2.45. The number of nitrogens with zero attached hydrogens (tertiary/aromatic N) is 2. The van der Waals surface area contributed by atoms with Gasteiger partial charge in [-0.2, -0.15) is 0 Å². The van der Waals surface area contributed by atoms with Gasteiger partial charge in [-0.05, 0) is 49.4 Å². The summed E-state index contributed by atoms with van der Waals surface area (Å²) in [7, 11) is 0. The topological polar surface area (TPSA) is 79.7 Å². The van der Waals surface area contributed by atoms with Gasteiger partial charge in [0.2, 0.25) is 0 Å². The summed E-state index contributed by atoms with van der Waals surface area (Å²) in [5, 5.41) is 10.6. The zero-order valence-corrected chi connectivity index (χ0v) is 23.9. The first-order valence-electron chi connectivity index (χ1n) is 13.6. The number of cyclic esters (lactones) is 1. The number of carbonyl (C=O) groups is 2. The van der Waals surface area contributed by atoms with Gasteiger partial charge >= 0.3 is 6.09 Å². The monoisotopic (exact) mass is 528 g/mol. The molecule has 1 aromatic heterocycles. The molecule has 1 fully saturated rings. The van der Waals surface area contributed by atoms with Crippen molar-refractivity contribution < 1.29 is 19.4 Å². The maximum atomic E-state index is 13.3. The number of Topliss-reactive ketones (excluding diaryl/α,β-unsaturated/α-hetero) is 1. The van der Waals surface area contributed by atoms with Crippen LogP contribution in [0, 0.1) is 5.41 Å². The first-order valence-corrected chi connectivity index (χ1v) is 13.6. The van der Waals surface area contributed by atoms with Crippen molar-refractivity contribution >= 4 is 11.9 Å². The van der Waals surface area contributed by atoms with Gasteiger partial charge in [-0.25, -0.2) is 4.79 Å². The summed E-state index contributed by atoms with van der Waals surface area (Å²) in [6.45, 7) is 12.1. The predicted octanol–water partition coefficient (Wildman–Crippen LogP) is 7.33. The highest BCUT2D eigenvalue weighted by molar-refractivity contribution is 5.96. The summed E-state index contributed by atoms with van der Waals surface area (Å²) in [4.78, 5) is 32.1. The summed E-state index contributed by atoms with van der Waals surface area (Å²) in [5.41, 5.74) is 2.31. The maximum absolute atomic E-state index is 13.3. The van der Waals surface area contributed by atoms with Crippen molar-refractivity contribution in [3.8, 4) is 11.3 Å². The van der Waals surface area contributed by atoms with E-state index in [1.807, 2.05) is 94.4 Å². The molecule has 1 amide bonds. The fourth-order valence-electron chi connectivity index (χ4n) is 5.32.